The maximum atomic E-state index is 14.0. The zero-order valence-electron chi connectivity index (χ0n) is 16.7. The Morgan fingerprint density at radius 3 is 2.11 bits per heavy atom. The quantitative estimate of drug-likeness (QED) is 0.778. The largest absolute Gasteiger partial charge is 0.444 e. The van der Waals surface area contributed by atoms with Gasteiger partial charge in [0, 0.05) is 26.2 Å². The average molecular weight is 402 g/mol. The highest BCUT2D eigenvalue weighted by molar-refractivity contribution is 7.89. The van der Waals surface area contributed by atoms with Crippen LogP contribution >= 0.6 is 0 Å². The van der Waals surface area contributed by atoms with Crippen molar-refractivity contribution in [2.45, 2.75) is 57.7 Å². The molecule has 0 atom stereocenters. The molecule has 1 aromatic heterocycles. The van der Waals surface area contributed by atoms with Gasteiger partial charge >= 0.3 is 6.09 Å². The van der Waals surface area contributed by atoms with Crippen LogP contribution in [0.5, 0.6) is 0 Å². The molecule has 1 saturated heterocycles. The van der Waals surface area contributed by atoms with E-state index in [4.69, 9.17) is 4.74 Å². The third-order valence-corrected chi connectivity index (χ3v) is 6.19. The van der Waals surface area contributed by atoms with E-state index >= 15 is 0 Å². The summed E-state index contributed by atoms with van der Waals surface area (Å²) in [5, 5.41) is 0. The Morgan fingerprint density at radius 2 is 1.67 bits per heavy atom. The number of piperazine rings is 1. The highest BCUT2D eigenvalue weighted by atomic mass is 32.2. The molecular formula is C18H28FN3O4S. The maximum absolute atomic E-state index is 14.0. The highest BCUT2D eigenvalue weighted by Crippen LogP contribution is 2.27. The number of rotatable bonds is 3. The number of carbonyl (C=O) groups excluding carboxylic acids is 1. The third kappa shape index (κ3) is 5.16. The summed E-state index contributed by atoms with van der Waals surface area (Å²) in [7, 11) is -3.77. The molecule has 1 amide bonds. The standard InChI is InChI=1S/C18H28FN3O4S/c1-13-14(7-8-15(20-13)18(5,6)19)27(24,25)22-11-9-21(10-12-22)16(23)26-17(2,3)4/h7-8H,9-12H2,1-6H3. The van der Waals surface area contributed by atoms with Crippen molar-refractivity contribution >= 4 is 16.1 Å². The lowest BCUT2D eigenvalue weighted by molar-refractivity contribution is 0.0192. The van der Waals surface area contributed by atoms with Gasteiger partial charge in [-0.3, -0.25) is 4.98 Å². The van der Waals surface area contributed by atoms with Crippen molar-refractivity contribution in [3.63, 3.8) is 0 Å². The molecule has 0 N–H and O–H groups in total. The average Bonchev–Trinajstić information content (AvgIpc) is 2.52. The lowest BCUT2D eigenvalue weighted by Crippen LogP contribution is -2.51. The SMILES string of the molecule is Cc1nc(C(C)(C)F)ccc1S(=O)(=O)N1CCN(C(=O)OC(C)(C)C)CC1. The number of alkyl halides is 1. The number of hydrogen-bond acceptors (Lipinski definition) is 5. The second kappa shape index (κ2) is 7.35. The van der Waals surface area contributed by atoms with E-state index in [1.807, 2.05) is 0 Å². The summed E-state index contributed by atoms with van der Waals surface area (Å²) in [5.74, 6) is 0. The van der Waals surface area contributed by atoms with Gasteiger partial charge in [0.15, 0.2) is 0 Å². The monoisotopic (exact) mass is 401 g/mol. The van der Waals surface area contributed by atoms with Gasteiger partial charge in [0.2, 0.25) is 10.0 Å². The molecule has 7 nitrogen and oxygen atoms in total. The van der Waals surface area contributed by atoms with Gasteiger partial charge < -0.3 is 9.64 Å². The van der Waals surface area contributed by atoms with Crippen LogP contribution in [0.4, 0.5) is 9.18 Å². The minimum atomic E-state index is -3.77. The molecule has 152 valence electrons. The van der Waals surface area contributed by atoms with Gasteiger partial charge in [-0.05, 0) is 53.7 Å². The Kier molecular flexibility index (Phi) is 5.87. The zero-order chi connectivity index (χ0) is 20.6. The highest BCUT2D eigenvalue weighted by Gasteiger charge is 2.33. The summed E-state index contributed by atoms with van der Waals surface area (Å²) in [4.78, 5) is 17.8. The summed E-state index contributed by atoms with van der Waals surface area (Å²) >= 11 is 0. The van der Waals surface area contributed by atoms with E-state index in [1.54, 1.807) is 27.7 Å². The van der Waals surface area contributed by atoms with Crippen LogP contribution in [0.1, 0.15) is 46.0 Å². The maximum Gasteiger partial charge on any atom is 0.410 e. The van der Waals surface area contributed by atoms with E-state index in [-0.39, 0.29) is 42.5 Å². The zero-order valence-corrected chi connectivity index (χ0v) is 17.6. The number of aromatic nitrogens is 1. The van der Waals surface area contributed by atoms with Crippen LogP contribution in [0.25, 0.3) is 0 Å². The molecule has 0 bridgehead atoms. The second-order valence-corrected chi connectivity index (χ2v) is 10.0. The van der Waals surface area contributed by atoms with E-state index in [9.17, 15) is 17.6 Å². The van der Waals surface area contributed by atoms with Crippen LogP contribution in [0.15, 0.2) is 17.0 Å². The molecule has 0 spiro atoms. The first-order chi connectivity index (χ1) is 12.2. The van der Waals surface area contributed by atoms with Crippen molar-refractivity contribution in [3.8, 4) is 0 Å². The number of carbonyl (C=O) groups is 1. The molecule has 2 heterocycles. The van der Waals surface area contributed by atoms with E-state index in [1.165, 1.54) is 35.2 Å². The van der Waals surface area contributed by atoms with E-state index in [0.29, 0.717) is 0 Å². The lowest BCUT2D eigenvalue weighted by atomic mass is 10.1. The predicted octanol–water partition coefficient (Wildman–Crippen LogP) is 2.84. The molecule has 0 saturated carbocycles. The molecule has 0 aromatic carbocycles. The molecule has 0 aliphatic carbocycles. The molecular weight excluding hydrogens is 373 g/mol. The second-order valence-electron chi connectivity index (χ2n) is 8.12. The first-order valence-corrected chi connectivity index (χ1v) is 10.3. The molecule has 9 heteroatoms. The molecule has 1 aromatic rings. The summed E-state index contributed by atoms with van der Waals surface area (Å²) in [6.45, 7) is 10.5. The molecule has 0 unspecified atom stereocenters. The molecule has 1 aliphatic rings. The minimum absolute atomic E-state index is 0.0567. The third-order valence-electron chi connectivity index (χ3n) is 4.15. The fraction of sp³-hybridized carbons (Fsp3) is 0.667. The number of nitrogens with zero attached hydrogens (tertiary/aromatic N) is 3. The van der Waals surface area contributed by atoms with Crippen molar-refractivity contribution in [2.75, 3.05) is 26.2 Å². The van der Waals surface area contributed by atoms with Crippen LogP contribution in [0, 0.1) is 6.92 Å². The molecule has 1 fully saturated rings. The minimum Gasteiger partial charge on any atom is -0.444 e. The van der Waals surface area contributed by atoms with Gasteiger partial charge in [-0.2, -0.15) is 4.31 Å². The van der Waals surface area contributed by atoms with Gasteiger partial charge in [0.1, 0.15) is 16.2 Å². The van der Waals surface area contributed by atoms with Crippen molar-refractivity contribution < 1.29 is 22.3 Å². The van der Waals surface area contributed by atoms with Crippen molar-refractivity contribution in [2.24, 2.45) is 0 Å². The fourth-order valence-corrected chi connectivity index (χ4v) is 4.31. The van der Waals surface area contributed by atoms with Crippen LogP contribution in [0.2, 0.25) is 0 Å². The number of pyridine rings is 1. The van der Waals surface area contributed by atoms with Gasteiger partial charge in [-0.1, -0.05) is 0 Å². The fourth-order valence-electron chi connectivity index (χ4n) is 2.73. The summed E-state index contributed by atoms with van der Waals surface area (Å²) < 4.78 is 46.6. The molecule has 2 rings (SSSR count). The van der Waals surface area contributed by atoms with Gasteiger partial charge in [-0.15, -0.1) is 0 Å². The van der Waals surface area contributed by atoms with Gasteiger partial charge in [-0.25, -0.2) is 17.6 Å². The Morgan fingerprint density at radius 1 is 1.11 bits per heavy atom. The van der Waals surface area contributed by atoms with E-state index in [2.05, 4.69) is 4.98 Å². The van der Waals surface area contributed by atoms with Gasteiger partial charge in [0.25, 0.3) is 0 Å². The van der Waals surface area contributed by atoms with Crippen LogP contribution in [-0.2, 0) is 20.4 Å². The number of aryl methyl sites for hydroxylation is 1. The van der Waals surface area contributed by atoms with Crippen LogP contribution in [-0.4, -0.2) is 60.5 Å². The van der Waals surface area contributed by atoms with E-state index in [0.717, 1.165) is 0 Å². The van der Waals surface area contributed by atoms with Crippen LogP contribution in [0.3, 0.4) is 0 Å². The Hall–Kier alpha value is -1.74. The summed E-state index contributed by atoms with van der Waals surface area (Å²) in [5.41, 5.74) is -1.80. The Labute approximate surface area is 160 Å². The van der Waals surface area contributed by atoms with Gasteiger partial charge in [0.05, 0.1) is 11.4 Å². The van der Waals surface area contributed by atoms with Crippen molar-refractivity contribution in [3.05, 3.63) is 23.5 Å². The van der Waals surface area contributed by atoms with E-state index < -0.39 is 27.4 Å². The Bertz CT molecular complexity index is 805. The number of sulfonamides is 1. The Balaban J connectivity index is 2.12. The number of ether oxygens (including phenoxy) is 1. The first-order valence-electron chi connectivity index (χ1n) is 8.87. The molecule has 1 aliphatic heterocycles. The predicted molar refractivity (Wildman–Crippen MR) is 99.7 cm³/mol. The lowest BCUT2D eigenvalue weighted by Gasteiger charge is -2.35. The number of halogens is 1. The normalized spacial score (nSPS) is 17.1. The number of amides is 1. The summed E-state index contributed by atoms with van der Waals surface area (Å²) in [6, 6.07) is 2.80. The molecule has 27 heavy (non-hydrogen) atoms. The molecule has 0 radical (unpaired) electrons. The van der Waals surface area contributed by atoms with Crippen LogP contribution < -0.4 is 0 Å². The topological polar surface area (TPSA) is 79.8 Å². The van der Waals surface area contributed by atoms with Crippen molar-refractivity contribution in [1.82, 2.24) is 14.2 Å². The summed E-state index contributed by atoms with van der Waals surface area (Å²) in [6.07, 6.45) is -0.452. The smallest absolute Gasteiger partial charge is 0.410 e. The number of hydrogen-bond donors (Lipinski definition) is 0. The first kappa shape index (κ1) is 21.6. The van der Waals surface area contributed by atoms with Crippen molar-refractivity contribution in [1.29, 1.82) is 0 Å².